The summed E-state index contributed by atoms with van der Waals surface area (Å²) >= 11 is 0. The fraction of sp³-hybridized carbons (Fsp3) is 0.200. The van der Waals surface area contributed by atoms with Crippen molar-refractivity contribution < 1.29 is 0 Å². The number of hydrogen-bond acceptors (Lipinski definition) is 3. The number of nitrogen functional groups attached to an aromatic ring is 1. The highest BCUT2D eigenvalue weighted by Crippen LogP contribution is 2.21. The number of rotatable bonds is 3. The molecule has 0 spiro atoms. The summed E-state index contributed by atoms with van der Waals surface area (Å²) in [5.41, 5.74) is 8.03. The molecule has 96 valence electrons. The molecule has 0 aliphatic rings. The van der Waals surface area contributed by atoms with E-state index < -0.39 is 0 Å². The lowest BCUT2D eigenvalue weighted by Crippen LogP contribution is -2.07. The lowest BCUT2D eigenvalue weighted by Gasteiger charge is -2.06. The van der Waals surface area contributed by atoms with Gasteiger partial charge in [0.1, 0.15) is 23.1 Å². The number of aromatic nitrogens is 2. The molecule has 0 saturated heterocycles. The third kappa shape index (κ3) is 2.66. The van der Waals surface area contributed by atoms with E-state index in [0.29, 0.717) is 17.1 Å². The second kappa shape index (κ2) is 5.40. The van der Waals surface area contributed by atoms with Crippen molar-refractivity contribution in [2.24, 2.45) is 0 Å². The Bertz CT molecular complexity index is 630. The molecule has 0 saturated carbocycles. The molecule has 0 atom stereocenters. The first-order valence-corrected chi connectivity index (χ1v) is 6.14. The van der Waals surface area contributed by atoms with E-state index in [0.717, 1.165) is 5.56 Å². The second-order valence-electron chi connectivity index (χ2n) is 4.54. The first-order chi connectivity index (χ1) is 9.13. The zero-order valence-corrected chi connectivity index (χ0v) is 11.0. The van der Waals surface area contributed by atoms with Crippen LogP contribution in [0.1, 0.15) is 36.7 Å². The number of nitrogens with two attached hydrogens (primary N) is 1. The average molecular weight is 252 g/mol. The minimum absolute atomic E-state index is 0.131. The van der Waals surface area contributed by atoms with Gasteiger partial charge in [-0.15, -0.1) is 0 Å². The van der Waals surface area contributed by atoms with Crippen LogP contribution in [0.15, 0.2) is 30.3 Å². The van der Waals surface area contributed by atoms with E-state index in [9.17, 15) is 5.26 Å². The van der Waals surface area contributed by atoms with E-state index in [1.807, 2.05) is 56.3 Å². The Labute approximate surface area is 112 Å². The zero-order valence-electron chi connectivity index (χ0n) is 11.0. The summed E-state index contributed by atoms with van der Waals surface area (Å²) in [6.45, 7) is 3.96. The van der Waals surface area contributed by atoms with Gasteiger partial charge in [0, 0.05) is 6.04 Å². The summed E-state index contributed by atoms with van der Waals surface area (Å²) in [7, 11) is 0. The molecule has 1 aromatic carbocycles. The van der Waals surface area contributed by atoms with Gasteiger partial charge in [-0.25, -0.2) is 4.68 Å². The van der Waals surface area contributed by atoms with Gasteiger partial charge in [0.15, 0.2) is 0 Å². The van der Waals surface area contributed by atoms with Gasteiger partial charge in [-0.2, -0.15) is 10.4 Å². The average Bonchev–Trinajstić information content (AvgIpc) is 2.74. The summed E-state index contributed by atoms with van der Waals surface area (Å²) in [5, 5.41) is 13.6. The molecule has 2 rings (SSSR count). The maximum absolute atomic E-state index is 9.17. The summed E-state index contributed by atoms with van der Waals surface area (Å²) in [5.74, 6) is 0.421. The summed E-state index contributed by atoms with van der Waals surface area (Å²) in [6, 6.07) is 12.1. The standard InChI is InChI=1S/C15H16N4/c1-11(2)19-15(17)13(10-16)14(18-19)9-8-12-6-4-3-5-7-12/h3-9,11H,17H2,1-2H3. The molecule has 4 nitrogen and oxygen atoms in total. The summed E-state index contributed by atoms with van der Waals surface area (Å²) < 4.78 is 1.67. The topological polar surface area (TPSA) is 67.6 Å². The predicted octanol–water partition coefficient (Wildman–Crippen LogP) is 3.09. The van der Waals surface area contributed by atoms with Gasteiger partial charge >= 0.3 is 0 Å². The normalized spacial score (nSPS) is 11.1. The number of nitriles is 1. The molecule has 0 amide bonds. The first-order valence-electron chi connectivity index (χ1n) is 6.14. The van der Waals surface area contributed by atoms with Gasteiger partial charge in [0.25, 0.3) is 0 Å². The molecule has 2 N–H and O–H groups in total. The van der Waals surface area contributed by atoms with E-state index in [4.69, 9.17) is 5.73 Å². The molecule has 0 aliphatic carbocycles. The SMILES string of the molecule is CC(C)n1nc(C=Cc2ccccc2)c(C#N)c1N. The lowest BCUT2D eigenvalue weighted by molar-refractivity contribution is 0.539. The Balaban J connectivity index is 2.38. The van der Waals surface area contributed by atoms with Gasteiger partial charge in [-0.3, -0.25) is 0 Å². The molecule has 0 bridgehead atoms. The second-order valence-corrected chi connectivity index (χ2v) is 4.54. The highest BCUT2D eigenvalue weighted by Gasteiger charge is 2.14. The maximum Gasteiger partial charge on any atom is 0.140 e. The van der Waals surface area contributed by atoms with E-state index >= 15 is 0 Å². The molecular weight excluding hydrogens is 236 g/mol. The largest absolute Gasteiger partial charge is 0.383 e. The predicted molar refractivity (Wildman–Crippen MR) is 77.1 cm³/mol. The lowest BCUT2D eigenvalue weighted by atomic mass is 10.1. The molecular formula is C15H16N4. The minimum Gasteiger partial charge on any atom is -0.383 e. The number of nitrogens with zero attached hydrogens (tertiary/aromatic N) is 3. The van der Waals surface area contributed by atoms with Gasteiger partial charge in [0.2, 0.25) is 0 Å². The molecule has 0 fully saturated rings. The minimum atomic E-state index is 0.131. The van der Waals surface area contributed by atoms with Crippen LogP contribution < -0.4 is 5.73 Å². The van der Waals surface area contributed by atoms with E-state index in [-0.39, 0.29) is 6.04 Å². The van der Waals surface area contributed by atoms with Crippen molar-refractivity contribution >= 4 is 18.0 Å². The van der Waals surface area contributed by atoms with Crippen LogP contribution in [-0.4, -0.2) is 9.78 Å². The number of hydrogen-bond donors (Lipinski definition) is 1. The molecule has 4 heteroatoms. The quantitative estimate of drug-likeness (QED) is 0.912. The van der Waals surface area contributed by atoms with Crippen LogP contribution in [0.25, 0.3) is 12.2 Å². The van der Waals surface area contributed by atoms with Crippen LogP contribution >= 0.6 is 0 Å². The fourth-order valence-electron chi connectivity index (χ4n) is 1.83. The highest BCUT2D eigenvalue weighted by molar-refractivity contribution is 5.73. The van der Waals surface area contributed by atoms with Crippen molar-refractivity contribution in [2.45, 2.75) is 19.9 Å². The van der Waals surface area contributed by atoms with Crippen LogP contribution in [0.3, 0.4) is 0 Å². The van der Waals surface area contributed by atoms with Crippen molar-refractivity contribution in [3.8, 4) is 6.07 Å². The van der Waals surface area contributed by atoms with Gasteiger partial charge < -0.3 is 5.73 Å². The maximum atomic E-state index is 9.17. The molecule has 0 aliphatic heterocycles. The first kappa shape index (κ1) is 12.9. The van der Waals surface area contributed by atoms with Crippen LogP contribution in [0.2, 0.25) is 0 Å². The third-order valence-corrected chi connectivity index (χ3v) is 2.81. The van der Waals surface area contributed by atoms with Gasteiger partial charge in [0.05, 0.1) is 0 Å². The van der Waals surface area contributed by atoms with Gasteiger partial charge in [-0.05, 0) is 25.5 Å². The molecule has 1 aromatic heterocycles. The molecule has 1 heterocycles. The summed E-state index contributed by atoms with van der Waals surface area (Å²) in [4.78, 5) is 0. The van der Waals surface area contributed by atoms with Crippen molar-refractivity contribution in [3.63, 3.8) is 0 Å². The van der Waals surface area contributed by atoms with E-state index in [1.165, 1.54) is 0 Å². The summed E-state index contributed by atoms with van der Waals surface area (Å²) in [6.07, 6.45) is 3.75. The zero-order chi connectivity index (χ0) is 13.8. The van der Waals surface area contributed by atoms with E-state index in [1.54, 1.807) is 4.68 Å². The molecule has 0 unspecified atom stereocenters. The van der Waals surface area contributed by atoms with Crippen molar-refractivity contribution in [2.75, 3.05) is 5.73 Å². The highest BCUT2D eigenvalue weighted by atomic mass is 15.3. The van der Waals surface area contributed by atoms with Crippen LogP contribution in [0.4, 0.5) is 5.82 Å². The number of anilines is 1. The van der Waals surface area contributed by atoms with Crippen molar-refractivity contribution in [3.05, 3.63) is 47.2 Å². The van der Waals surface area contributed by atoms with Crippen LogP contribution in [0.5, 0.6) is 0 Å². The Hall–Kier alpha value is -2.54. The third-order valence-electron chi connectivity index (χ3n) is 2.81. The monoisotopic (exact) mass is 252 g/mol. The smallest absolute Gasteiger partial charge is 0.140 e. The Morgan fingerprint density at radius 1 is 1.26 bits per heavy atom. The Kier molecular flexibility index (Phi) is 3.67. The molecule has 19 heavy (non-hydrogen) atoms. The molecule has 0 radical (unpaired) electrons. The number of benzene rings is 1. The van der Waals surface area contributed by atoms with Crippen molar-refractivity contribution in [1.82, 2.24) is 9.78 Å². The van der Waals surface area contributed by atoms with Gasteiger partial charge in [-0.1, -0.05) is 36.4 Å². The van der Waals surface area contributed by atoms with Crippen molar-refractivity contribution in [1.29, 1.82) is 5.26 Å². The van der Waals surface area contributed by atoms with E-state index in [2.05, 4.69) is 11.2 Å². The fourth-order valence-corrected chi connectivity index (χ4v) is 1.83. The molecule has 2 aromatic rings. The Morgan fingerprint density at radius 3 is 2.53 bits per heavy atom. The Morgan fingerprint density at radius 2 is 1.95 bits per heavy atom. The van der Waals surface area contributed by atoms with Crippen LogP contribution in [-0.2, 0) is 0 Å². The van der Waals surface area contributed by atoms with Crippen LogP contribution in [0, 0.1) is 11.3 Å².